The van der Waals surface area contributed by atoms with Crippen molar-refractivity contribution in [1.82, 2.24) is 0 Å². The molecule has 0 aromatic carbocycles. The molecule has 0 aliphatic carbocycles. The van der Waals surface area contributed by atoms with Crippen molar-refractivity contribution in [3.63, 3.8) is 0 Å². The maximum absolute atomic E-state index is 8.71. The monoisotopic (exact) mass is 151 g/mol. The topological polar surface area (TPSA) is 66.5 Å². The highest BCUT2D eigenvalue weighted by Crippen LogP contribution is 2.34. The molecule has 0 heterocycles. The van der Waals surface area contributed by atoms with Crippen molar-refractivity contribution in [2.45, 2.75) is 25.4 Å². The molecule has 0 amide bonds. The van der Waals surface area contributed by atoms with E-state index in [4.69, 9.17) is 15.5 Å². The predicted octanol–water partition coefficient (Wildman–Crippen LogP) is 0.410. The summed E-state index contributed by atoms with van der Waals surface area (Å²) in [7, 11) is -1.75. The van der Waals surface area contributed by atoms with Crippen LogP contribution >= 0.6 is 8.38 Å². The van der Waals surface area contributed by atoms with E-state index in [1.54, 1.807) is 0 Å². The third-order valence-electron chi connectivity index (χ3n) is 1.30. The highest BCUT2D eigenvalue weighted by Gasteiger charge is 2.13. The predicted molar refractivity (Wildman–Crippen MR) is 39.1 cm³/mol. The molecule has 0 bridgehead atoms. The van der Waals surface area contributed by atoms with Crippen molar-refractivity contribution in [2.75, 3.05) is 6.54 Å². The summed E-state index contributed by atoms with van der Waals surface area (Å²) in [5, 5.41) is 0. The Hall–Kier alpha value is 0.310. The maximum Gasteiger partial charge on any atom is 0.168 e. The smallest absolute Gasteiger partial charge is 0.168 e. The molecular weight excluding hydrogens is 137 g/mol. The third-order valence-corrected chi connectivity index (χ3v) is 2.57. The summed E-state index contributed by atoms with van der Waals surface area (Å²) in [6.07, 6.45) is 1.52. The van der Waals surface area contributed by atoms with Gasteiger partial charge in [-0.3, -0.25) is 0 Å². The van der Waals surface area contributed by atoms with Gasteiger partial charge in [-0.25, -0.2) is 0 Å². The zero-order valence-corrected chi connectivity index (χ0v) is 6.51. The summed E-state index contributed by atoms with van der Waals surface area (Å²) in [4.78, 5) is 17.4. The first-order valence-corrected chi connectivity index (χ1v) is 4.41. The van der Waals surface area contributed by atoms with Crippen molar-refractivity contribution in [3.8, 4) is 0 Å². The van der Waals surface area contributed by atoms with E-state index in [-0.39, 0.29) is 5.66 Å². The summed E-state index contributed by atoms with van der Waals surface area (Å²) in [6.45, 7) is 2.47. The van der Waals surface area contributed by atoms with E-state index in [0.29, 0.717) is 6.54 Å². The Morgan fingerprint density at radius 1 is 1.56 bits per heavy atom. The second-order valence-corrected chi connectivity index (χ2v) is 3.33. The van der Waals surface area contributed by atoms with Crippen molar-refractivity contribution < 1.29 is 9.79 Å². The fourth-order valence-corrected chi connectivity index (χ4v) is 1.38. The normalized spacial score (nSPS) is 14.3. The molecule has 3 nitrogen and oxygen atoms in total. The number of hydrogen-bond acceptors (Lipinski definition) is 3. The Morgan fingerprint density at radius 3 is 2.22 bits per heavy atom. The van der Waals surface area contributed by atoms with Crippen molar-refractivity contribution >= 4 is 8.38 Å². The van der Waals surface area contributed by atoms with Gasteiger partial charge in [-0.1, -0.05) is 6.92 Å². The lowest BCUT2D eigenvalue weighted by Crippen LogP contribution is -2.11. The van der Waals surface area contributed by atoms with Crippen LogP contribution in [0.4, 0.5) is 0 Å². The number of nitrogens with two attached hydrogens (primary N) is 1. The van der Waals surface area contributed by atoms with E-state index >= 15 is 0 Å². The van der Waals surface area contributed by atoms with E-state index < -0.39 is 8.38 Å². The molecule has 56 valence electrons. The van der Waals surface area contributed by atoms with Gasteiger partial charge < -0.3 is 15.5 Å². The first-order valence-electron chi connectivity index (χ1n) is 3.09. The minimum Gasteiger partial charge on any atom is -0.350 e. The highest BCUT2D eigenvalue weighted by atomic mass is 31.2. The Kier molecular flexibility index (Phi) is 5.30. The molecule has 0 saturated carbocycles. The lowest BCUT2D eigenvalue weighted by molar-refractivity contribution is 0.456. The largest absolute Gasteiger partial charge is 0.350 e. The van der Waals surface area contributed by atoms with Crippen LogP contribution in [0.1, 0.15) is 19.8 Å². The van der Waals surface area contributed by atoms with Crippen LogP contribution in [0, 0.1) is 0 Å². The average molecular weight is 151 g/mol. The molecular formula is C5H14NO2P. The molecule has 9 heavy (non-hydrogen) atoms. The van der Waals surface area contributed by atoms with E-state index in [1.165, 1.54) is 0 Å². The molecule has 0 aliphatic rings. The van der Waals surface area contributed by atoms with Crippen LogP contribution in [0.3, 0.4) is 0 Å². The first-order chi connectivity index (χ1) is 4.22. The molecule has 0 saturated heterocycles. The molecule has 1 atom stereocenters. The minimum atomic E-state index is -1.75. The quantitative estimate of drug-likeness (QED) is 0.510. The van der Waals surface area contributed by atoms with Gasteiger partial charge in [-0.2, -0.15) is 0 Å². The summed E-state index contributed by atoms with van der Waals surface area (Å²) in [5.41, 5.74) is 5.25. The van der Waals surface area contributed by atoms with Crippen LogP contribution < -0.4 is 5.73 Å². The zero-order valence-electron chi connectivity index (χ0n) is 5.62. The number of hydrogen-bond donors (Lipinski definition) is 3. The van der Waals surface area contributed by atoms with Crippen LogP contribution in [-0.4, -0.2) is 22.0 Å². The van der Waals surface area contributed by atoms with Gasteiger partial charge in [0.25, 0.3) is 0 Å². The van der Waals surface area contributed by atoms with Gasteiger partial charge in [-0.05, 0) is 19.4 Å². The lowest BCUT2D eigenvalue weighted by Gasteiger charge is -2.13. The van der Waals surface area contributed by atoms with Gasteiger partial charge in [0, 0.05) is 5.66 Å². The molecule has 4 heteroatoms. The minimum absolute atomic E-state index is 0.0185. The van der Waals surface area contributed by atoms with Crippen molar-refractivity contribution in [1.29, 1.82) is 0 Å². The lowest BCUT2D eigenvalue weighted by atomic mass is 10.2. The molecule has 1 unspecified atom stereocenters. The van der Waals surface area contributed by atoms with Crippen LogP contribution in [-0.2, 0) is 0 Å². The van der Waals surface area contributed by atoms with E-state index in [1.807, 2.05) is 6.92 Å². The van der Waals surface area contributed by atoms with Crippen LogP contribution in [0.5, 0.6) is 0 Å². The standard InChI is InChI=1S/C5H14NO2P/c1-2-5(3-4-6)9(7)8/h5,7-8H,2-4,6H2,1H3. The third kappa shape index (κ3) is 3.82. The van der Waals surface area contributed by atoms with Gasteiger partial charge in [0.15, 0.2) is 8.38 Å². The Morgan fingerprint density at radius 2 is 2.11 bits per heavy atom. The van der Waals surface area contributed by atoms with Crippen LogP contribution in [0.15, 0.2) is 0 Å². The maximum atomic E-state index is 8.71. The Labute approximate surface area is 56.8 Å². The van der Waals surface area contributed by atoms with E-state index in [0.717, 1.165) is 12.8 Å². The summed E-state index contributed by atoms with van der Waals surface area (Å²) < 4.78 is 0. The van der Waals surface area contributed by atoms with Gasteiger partial charge >= 0.3 is 0 Å². The van der Waals surface area contributed by atoms with Gasteiger partial charge in [-0.15, -0.1) is 0 Å². The molecule has 4 N–H and O–H groups in total. The molecule has 0 rings (SSSR count). The summed E-state index contributed by atoms with van der Waals surface area (Å²) in [5.74, 6) is 0. The summed E-state index contributed by atoms with van der Waals surface area (Å²) >= 11 is 0. The van der Waals surface area contributed by atoms with Gasteiger partial charge in [0.2, 0.25) is 0 Å². The molecule has 0 spiro atoms. The molecule has 0 aromatic rings. The average Bonchev–Trinajstić information content (AvgIpc) is 1.82. The van der Waals surface area contributed by atoms with Crippen LogP contribution in [0.2, 0.25) is 0 Å². The fraction of sp³-hybridized carbons (Fsp3) is 1.00. The molecule has 0 aromatic heterocycles. The van der Waals surface area contributed by atoms with E-state index in [9.17, 15) is 0 Å². The van der Waals surface area contributed by atoms with Gasteiger partial charge in [0.1, 0.15) is 0 Å². The summed E-state index contributed by atoms with van der Waals surface area (Å²) in [6, 6.07) is 0. The molecule has 0 radical (unpaired) electrons. The Balaban J connectivity index is 3.41. The van der Waals surface area contributed by atoms with Gasteiger partial charge in [0.05, 0.1) is 0 Å². The highest BCUT2D eigenvalue weighted by molar-refractivity contribution is 7.45. The second kappa shape index (κ2) is 5.12. The number of rotatable bonds is 4. The fourth-order valence-electron chi connectivity index (χ4n) is 0.675. The first kappa shape index (κ1) is 9.31. The zero-order chi connectivity index (χ0) is 7.28. The van der Waals surface area contributed by atoms with Crippen molar-refractivity contribution in [2.24, 2.45) is 5.73 Å². The molecule has 0 aliphatic heterocycles. The molecule has 0 fully saturated rings. The Bertz CT molecular complexity index is 70.0. The SMILES string of the molecule is CCC(CCN)P(O)O. The van der Waals surface area contributed by atoms with Crippen molar-refractivity contribution in [3.05, 3.63) is 0 Å². The van der Waals surface area contributed by atoms with Crippen LogP contribution in [0.25, 0.3) is 0 Å². The second-order valence-electron chi connectivity index (χ2n) is 1.96. The van der Waals surface area contributed by atoms with E-state index in [2.05, 4.69) is 0 Å².